The summed E-state index contributed by atoms with van der Waals surface area (Å²) >= 11 is 5.24. The number of halogens is 2. The van der Waals surface area contributed by atoms with Gasteiger partial charge in [-0.3, -0.25) is 4.57 Å². The van der Waals surface area contributed by atoms with Gasteiger partial charge in [-0.2, -0.15) is 5.10 Å². The molecule has 8 heteroatoms. The third-order valence-corrected chi connectivity index (χ3v) is 3.16. The number of hydrogen-bond acceptors (Lipinski definition) is 3. The third kappa shape index (κ3) is 2.84. The van der Waals surface area contributed by atoms with E-state index in [-0.39, 0.29) is 6.61 Å². The minimum Gasteiger partial charge on any atom is -0.374 e. The zero-order chi connectivity index (χ0) is 14.0. The van der Waals surface area contributed by atoms with E-state index in [1.165, 1.54) is 0 Å². The summed E-state index contributed by atoms with van der Waals surface area (Å²) < 4.78 is 33.1. The lowest BCUT2D eigenvalue weighted by Crippen LogP contribution is -2.12. The predicted octanol–water partition coefficient (Wildman–Crippen LogP) is 2.51. The first-order valence-corrected chi connectivity index (χ1v) is 6.47. The average Bonchev–Trinajstić information content (AvgIpc) is 2.83. The summed E-state index contributed by atoms with van der Waals surface area (Å²) in [5, 5.41) is 4.38. The van der Waals surface area contributed by atoms with E-state index < -0.39 is 13.0 Å². The van der Waals surface area contributed by atoms with Crippen molar-refractivity contribution in [3.8, 4) is 0 Å². The fourth-order valence-electron chi connectivity index (χ4n) is 2.02. The SMILES string of the molecule is CCn1nc(C)c2[nH]c(=S)n(CCOCC(F)F)c21. The first-order chi connectivity index (χ1) is 9.04. The monoisotopic (exact) mass is 290 g/mol. The fraction of sp³-hybridized carbons (Fsp3) is 0.636. The van der Waals surface area contributed by atoms with Gasteiger partial charge in [-0.05, 0) is 26.1 Å². The zero-order valence-corrected chi connectivity index (χ0v) is 11.6. The van der Waals surface area contributed by atoms with E-state index in [0.29, 0.717) is 11.3 Å². The highest BCUT2D eigenvalue weighted by molar-refractivity contribution is 7.71. The van der Waals surface area contributed by atoms with Crippen LogP contribution >= 0.6 is 12.2 Å². The van der Waals surface area contributed by atoms with Gasteiger partial charge in [-0.1, -0.05) is 0 Å². The number of aryl methyl sites for hydroxylation is 2. The van der Waals surface area contributed by atoms with Crippen LogP contribution in [0.25, 0.3) is 11.2 Å². The van der Waals surface area contributed by atoms with Crippen molar-refractivity contribution < 1.29 is 13.5 Å². The molecule has 1 N–H and O–H groups in total. The molecule has 0 aliphatic carbocycles. The second-order valence-electron chi connectivity index (χ2n) is 4.15. The number of rotatable bonds is 6. The Bertz CT molecular complexity index is 616. The minimum absolute atomic E-state index is 0.194. The van der Waals surface area contributed by atoms with Crippen molar-refractivity contribution in [2.75, 3.05) is 13.2 Å². The van der Waals surface area contributed by atoms with E-state index in [1.54, 1.807) is 0 Å². The molecule has 0 bridgehead atoms. The molecule has 0 saturated carbocycles. The smallest absolute Gasteiger partial charge is 0.261 e. The summed E-state index contributed by atoms with van der Waals surface area (Å²) in [6.07, 6.45) is -2.44. The maximum absolute atomic E-state index is 12.0. The number of hydrogen-bond donors (Lipinski definition) is 1. The van der Waals surface area contributed by atoms with Gasteiger partial charge >= 0.3 is 0 Å². The Morgan fingerprint density at radius 1 is 1.47 bits per heavy atom. The van der Waals surface area contributed by atoms with Crippen LogP contribution in [-0.4, -0.2) is 39.0 Å². The molecular formula is C11H16F2N4OS. The minimum atomic E-state index is -2.44. The van der Waals surface area contributed by atoms with Crippen LogP contribution in [0.1, 0.15) is 12.6 Å². The van der Waals surface area contributed by atoms with Crippen molar-refractivity contribution in [1.29, 1.82) is 0 Å². The van der Waals surface area contributed by atoms with Crippen molar-refractivity contribution in [1.82, 2.24) is 19.3 Å². The second-order valence-corrected chi connectivity index (χ2v) is 4.53. The van der Waals surface area contributed by atoms with Crippen molar-refractivity contribution in [3.63, 3.8) is 0 Å². The molecule has 2 aromatic heterocycles. The molecule has 0 radical (unpaired) electrons. The fourth-order valence-corrected chi connectivity index (χ4v) is 2.30. The maximum atomic E-state index is 12.0. The van der Waals surface area contributed by atoms with E-state index in [2.05, 4.69) is 10.1 Å². The molecule has 0 aliphatic rings. The average molecular weight is 290 g/mol. The number of aromatic nitrogens is 4. The molecule has 0 aliphatic heterocycles. The van der Waals surface area contributed by atoms with Gasteiger partial charge in [-0.15, -0.1) is 0 Å². The van der Waals surface area contributed by atoms with Gasteiger partial charge in [0.2, 0.25) is 0 Å². The summed E-state index contributed by atoms with van der Waals surface area (Å²) in [7, 11) is 0. The normalized spacial score (nSPS) is 11.8. The number of alkyl halides is 2. The molecule has 5 nitrogen and oxygen atoms in total. The van der Waals surface area contributed by atoms with Crippen molar-refractivity contribution in [2.45, 2.75) is 33.4 Å². The molecule has 2 rings (SSSR count). The summed E-state index contributed by atoms with van der Waals surface area (Å²) in [5.41, 5.74) is 2.64. The number of imidazole rings is 1. The number of nitrogens with zero attached hydrogens (tertiary/aromatic N) is 3. The molecule has 19 heavy (non-hydrogen) atoms. The predicted molar refractivity (Wildman–Crippen MR) is 70.1 cm³/mol. The first-order valence-electron chi connectivity index (χ1n) is 6.06. The van der Waals surface area contributed by atoms with Gasteiger partial charge in [-0.25, -0.2) is 13.5 Å². The Hall–Kier alpha value is -1.28. The molecule has 0 fully saturated rings. The lowest BCUT2D eigenvalue weighted by Gasteiger charge is -2.07. The van der Waals surface area contributed by atoms with Crippen LogP contribution in [0.3, 0.4) is 0 Å². The van der Waals surface area contributed by atoms with Gasteiger partial charge in [0.1, 0.15) is 12.1 Å². The Kier molecular flexibility index (Phi) is 4.31. The van der Waals surface area contributed by atoms with Crippen molar-refractivity contribution in [3.05, 3.63) is 10.5 Å². The summed E-state index contributed by atoms with van der Waals surface area (Å²) in [6.45, 7) is 4.68. The van der Waals surface area contributed by atoms with Crippen molar-refractivity contribution in [2.24, 2.45) is 0 Å². The van der Waals surface area contributed by atoms with E-state index in [0.717, 1.165) is 23.4 Å². The summed E-state index contributed by atoms with van der Waals surface area (Å²) in [4.78, 5) is 3.09. The molecule has 0 amide bonds. The molecule has 0 saturated heterocycles. The van der Waals surface area contributed by atoms with E-state index in [4.69, 9.17) is 17.0 Å². The van der Waals surface area contributed by atoms with Crippen LogP contribution in [0, 0.1) is 11.7 Å². The van der Waals surface area contributed by atoms with Gasteiger partial charge in [0, 0.05) is 6.54 Å². The van der Waals surface area contributed by atoms with Crippen LogP contribution in [0.2, 0.25) is 0 Å². The van der Waals surface area contributed by atoms with E-state index in [9.17, 15) is 8.78 Å². The van der Waals surface area contributed by atoms with Gasteiger partial charge in [0.25, 0.3) is 6.43 Å². The molecule has 0 atom stereocenters. The summed E-state index contributed by atoms with van der Waals surface area (Å²) in [5.74, 6) is 0. The zero-order valence-electron chi connectivity index (χ0n) is 10.8. The number of aromatic amines is 1. The molecule has 0 spiro atoms. The van der Waals surface area contributed by atoms with Crippen LogP contribution in [-0.2, 0) is 17.8 Å². The third-order valence-electron chi connectivity index (χ3n) is 2.84. The lowest BCUT2D eigenvalue weighted by molar-refractivity contribution is 0.0148. The van der Waals surface area contributed by atoms with Gasteiger partial charge in [0.05, 0.1) is 18.8 Å². The van der Waals surface area contributed by atoms with Crippen LogP contribution in [0.5, 0.6) is 0 Å². The van der Waals surface area contributed by atoms with Crippen LogP contribution < -0.4 is 0 Å². The molecule has 2 heterocycles. The topological polar surface area (TPSA) is 47.8 Å². The number of nitrogens with one attached hydrogen (secondary N) is 1. The lowest BCUT2D eigenvalue weighted by atomic mass is 10.4. The molecule has 106 valence electrons. The van der Waals surface area contributed by atoms with Gasteiger partial charge < -0.3 is 9.72 Å². The van der Waals surface area contributed by atoms with E-state index in [1.807, 2.05) is 23.1 Å². The molecule has 0 aromatic carbocycles. The second kappa shape index (κ2) is 5.79. The highest BCUT2D eigenvalue weighted by Crippen LogP contribution is 2.17. The van der Waals surface area contributed by atoms with E-state index >= 15 is 0 Å². The largest absolute Gasteiger partial charge is 0.374 e. The first kappa shape index (κ1) is 14.1. The van der Waals surface area contributed by atoms with Crippen molar-refractivity contribution >= 4 is 23.4 Å². The Morgan fingerprint density at radius 2 is 2.21 bits per heavy atom. The van der Waals surface area contributed by atoms with Gasteiger partial charge in [0.15, 0.2) is 10.4 Å². The number of fused-ring (bicyclic) bond motifs is 1. The Balaban J connectivity index is 2.22. The Morgan fingerprint density at radius 3 is 2.84 bits per heavy atom. The molecular weight excluding hydrogens is 274 g/mol. The Labute approximate surface area is 114 Å². The maximum Gasteiger partial charge on any atom is 0.261 e. The number of ether oxygens (including phenoxy) is 1. The molecule has 0 unspecified atom stereocenters. The molecule has 2 aromatic rings. The van der Waals surface area contributed by atoms with Crippen LogP contribution in [0.15, 0.2) is 0 Å². The quantitative estimate of drug-likeness (QED) is 0.657. The number of H-pyrrole nitrogens is 1. The highest BCUT2D eigenvalue weighted by Gasteiger charge is 2.13. The standard InChI is InChI=1S/C11H16F2N4OS/c1-3-17-10-9(7(2)15-17)14-11(19)16(10)4-5-18-6-8(12)13/h8H,3-6H2,1-2H3,(H,14,19). The van der Waals surface area contributed by atoms with Crippen LogP contribution in [0.4, 0.5) is 8.78 Å². The summed E-state index contributed by atoms with van der Waals surface area (Å²) in [6, 6.07) is 0. The highest BCUT2D eigenvalue weighted by atomic mass is 32.1.